The molecule has 120 valence electrons. The monoisotopic (exact) mass is 321 g/mol. The minimum absolute atomic E-state index is 0.105. The maximum absolute atomic E-state index is 12.4. The SMILES string of the molecule is CC(Sc1ccccc1C(=O)NCC1CCCCC1)C(=O)O. The Hall–Kier alpha value is -1.49. The highest BCUT2D eigenvalue weighted by Gasteiger charge is 2.19. The van der Waals surface area contributed by atoms with Crippen LogP contribution in [0.4, 0.5) is 0 Å². The van der Waals surface area contributed by atoms with E-state index in [1.165, 1.54) is 43.9 Å². The molecule has 1 aliphatic carbocycles. The third kappa shape index (κ3) is 4.77. The van der Waals surface area contributed by atoms with Gasteiger partial charge in [0.15, 0.2) is 0 Å². The molecule has 1 atom stereocenters. The van der Waals surface area contributed by atoms with Crippen LogP contribution in [0.2, 0.25) is 0 Å². The second-order valence-corrected chi connectivity index (χ2v) is 7.19. The molecule has 4 nitrogen and oxygen atoms in total. The average Bonchev–Trinajstić information content (AvgIpc) is 2.54. The zero-order valence-corrected chi connectivity index (χ0v) is 13.7. The van der Waals surface area contributed by atoms with Gasteiger partial charge >= 0.3 is 5.97 Å². The summed E-state index contributed by atoms with van der Waals surface area (Å²) < 4.78 is 0. The lowest BCUT2D eigenvalue weighted by Gasteiger charge is -2.22. The number of carbonyl (C=O) groups is 2. The number of hydrogen-bond donors (Lipinski definition) is 2. The predicted molar refractivity (Wildman–Crippen MR) is 88.3 cm³/mol. The molecule has 0 aliphatic heterocycles. The number of carboxylic acid groups (broad SMARTS) is 1. The van der Waals surface area contributed by atoms with Crippen molar-refractivity contribution in [2.75, 3.05) is 6.54 Å². The second kappa shape index (κ2) is 8.22. The fourth-order valence-corrected chi connectivity index (χ4v) is 3.65. The average molecular weight is 321 g/mol. The van der Waals surface area contributed by atoms with Crippen LogP contribution in [-0.4, -0.2) is 28.8 Å². The van der Waals surface area contributed by atoms with Crippen molar-refractivity contribution in [1.29, 1.82) is 0 Å². The number of rotatable bonds is 6. The Kier molecular flexibility index (Phi) is 6.31. The molecule has 0 aromatic heterocycles. The molecule has 1 aromatic rings. The van der Waals surface area contributed by atoms with Crippen LogP contribution in [0, 0.1) is 5.92 Å². The van der Waals surface area contributed by atoms with Gasteiger partial charge in [-0.15, -0.1) is 11.8 Å². The van der Waals surface area contributed by atoms with E-state index >= 15 is 0 Å². The molecule has 0 saturated heterocycles. The Labute approximate surface area is 135 Å². The third-order valence-corrected chi connectivity index (χ3v) is 5.22. The summed E-state index contributed by atoms with van der Waals surface area (Å²) in [5, 5.41) is 11.5. The largest absolute Gasteiger partial charge is 0.480 e. The Morgan fingerprint density at radius 3 is 2.64 bits per heavy atom. The lowest BCUT2D eigenvalue weighted by molar-refractivity contribution is -0.136. The van der Waals surface area contributed by atoms with Gasteiger partial charge in [-0.1, -0.05) is 31.4 Å². The first kappa shape index (κ1) is 16.9. The first-order valence-electron chi connectivity index (χ1n) is 7.84. The van der Waals surface area contributed by atoms with E-state index in [1.807, 2.05) is 12.1 Å². The molecule has 0 spiro atoms. The van der Waals surface area contributed by atoms with Crippen LogP contribution >= 0.6 is 11.8 Å². The Morgan fingerprint density at radius 2 is 1.95 bits per heavy atom. The molecule has 0 radical (unpaired) electrons. The van der Waals surface area contributed by atoms with Crippen LogP contribution in [0.1, 0.15) is 49.4 Å². The molecule has 1 aliphatic rings. The fourth-order valence-electron chi connectivity index (χ4n) is 2.72. The van der Waals surface area contributed by atoms with Gasteiger partial charge in [0.2, 0.25) is 0 Å². The number of carboxylic acids is 1. The second-order valence-electron chi connectivity index (χ2n) is 5.81. The third-order valence-electron chi connectivity index (χ3n) is 4.06. The maximum Gasteiger partial charge on any atom is 0.316 e. The van der Waals surface area contributed by atoms with E-state index < -0.39 is 11.2 Å². The van der Waals surface area contributed by atoms with Crippen molar-refractivity contribution >= 4 is 23.6 Å². The van der Waals surface area contributed by atoms with Gasteiger partial charge in [0.25, 0.3) is 5.91 Å². The van der Waals surface area contributed by atoms with E-state index in [2.05, 4.69) is 5.32 Å². The van der Waals surface area contributed by atoms with Gasteiger partial charge in [0.1, 0.15) is 5.25 Å². The normalized spacial score (nSPS) is 17.0. The number of carbonyl (C=O) groups excluding carboxylic acids is 1. The molecular formula is C17H23NO3S. The van der Waals surface area contributed by atoms with Crippen molar-refractivity contribution < 1.29 is 14.7 Å². The van der Waals surface area contributed by atoms with Gasteiger partial charge in [-0.25, -0.2) is 0 Å². The molecule has 1 amide bonds. The molecular weight excluding hydrogens is 298 g/mol. The van der Waals surface area contributed by atoms with Gasteiger partial charge in [0, 0.05) is 11.4 Å². The van der Waals surface area contributed by atoms with Crippen molar-refractivity contribution in [2.24, 2.45) is 5.92 Å². The van der Waals surface area contributed by atoms with E-state index in [0.717, 1.165) is 4.90 Å². The van der Waals surface area contributed by atoms with E-state index in [9.17, 15) is 9.59 Å². The molecule has 1 unspecified atom stereocenters. The van der Waals surface area contributed by atoms with Crippen molar-refractivity contribution in [3.8, 4) is 0 Å². The molecule has 0 bridgehead atoms. The number of nitrogens with one attached hydrogen (secondary N) is 1. The molecule has 0 heterocycles. The van der Waals surface area contributed by atoms with E-state index in [0.29, 0.717) is 18.0 Å². The van der Waals surface area contributed by atoms with Crippen molar-refractivity contribution in [3.63, 3.8) is 0 Å². The summed E-state index contributed by atoms with van der Waals surface area (Å²) in [5.74, 6) is -0.399. The summed E-state index contributed by atoms with van der Waals surface area (Å²) >= 11 is 1.21. The van der Waals surface area contributed by atoms with E-state index in [-0.39, 0.29) is 5.91 Å². The maximum atomic E-state index is 12.4. The van der Waals surface area contributed by atoms with Crippen LogP contribution in [0.15, 0.2) is 29.2 Å². The quantitative estimate of drug-likeness (QED) is 0.786. The zero-order valence-electron chi connectivity index (χ0n) is 12.9. The topological polar surface area (TPSA) is 66.4 Å². The molecule has 22 heavy (non-hydrogen) atoms. The molecule has 1 aromatic carbocycles. The summed E-state index contributed by atoms with van der Waals surface area (Å²) in [7, 11) is 0. The van der Waals surface area contributed by atoms with Gasteiger partial charge in [0.05, 0.1) is 5.56 Å². The highest BCUT2D eigenvalue weighted by atomic mass is 32.2. The first-order chi connectivity index (χ1) is 10.6. The van der Waals surface area contributed by atoms with E-state index in [1.54, 1.807) is 19.1 Å². The van der Waals surface area contributed by atoms with Crippen LogP contribution in [0.25, 0.3) is 0 Å². The van der Waals surface area contributed by atoms with Gasteiger partial charge in [-0.05, 0) is 37.8 Å². The van der Waals surface area contributed by atoms with Gasteiger partial charge < -0.3 is 10.4 Å². The molecule has 2 rings (SSSR count). The van der Waals surface area contributed by atoms with Crippen molar-refractivity contribution in [3.05, 3.63) is 29.8 Å². The van der Waals surface area contributed by atoms with Crippen LogP contribution in [0.3, 0.4) is 0 Å². The number of aliphatic carboxylic acids is 1. The van der Waals surface area contributed by atoms with Crippen LogP contribution < -0.4 is 5.32 Å². The Bertz CT molecular complexity index is 526. The number of thioether (sulfide) groups is 1. The molecule has 5 heteroatoms. The Balaban J connectivity index is 1.97. The minimum Gasteiger partial charge on any atom is -0.480 e. The molecule has 2 N–H and O–H groups in total. The molecule has 1 fully saturated rings. The van der Waals surface area contributed by atoms with Crippen LogP contribution in [0.5, 0.6) is 0 Å². The van der Waals surface area contributed by atoms with Gasteiger partial charge in [-0.3, -0.25) is 9.59 Å². The molecule has 1 saturated carbocycles. The van der Waals surface area contributed by atoms with Gasteiger partial charge in [-0.2, -0.15) is 0 Å². The number of amides is 1. The highest BCUT2D eigenvalue weighted by Crippen LogP contribution is 2.27. The number of benzene rings is 1. The predicted octanol–water partition coefficient (Wildman–Crippen LogP) is 3.56. The van der Waals surface area contributed by atoms with Crippen molar-refractivity contribution in [1.82, 2.24) is 5.32 Å². The van der Waals surface area contributed by atoms with Crippen LogP contribution in [-0.2, 0) is 4.79 Å². The highest BCUT2D eigenvalue weighted by molar-refractivity contribution is 8.00. The standard InChI is InChI=1S/C17H23NO3S/c1-12(17(20)21)22-15-10-6-5-9-14(15)16(19)18-11-13-7-3-2-4-8-13/h5-6,9-10,12-13H,2-4,7-8,11H2,1H3,(H,18,19)(H,20,21). The lowest BCUT2D eigenvalue weighted by Crippen LogP contribution is -2.30. The fraction of sp³-hybridized carbons (Fsp3) is 0.529. The zero-order chi connectivity index (χ0) is 15.9. The summed E-state index contributed by atoms with van der Waals surface area (Å²) in [5.41, 5.74) is 0.566. The summed E-state index contributed by atoms with van der Waals surface area (Å²) in [6.45, 7) is 2.34. The lowest BCUT2D eigenvalue weighted by atomic mass is 9.89. The number of hydrogen-bond acceptors (Lipinski definition) is 3. The summed E-state index contributed by atoms with van der Waals surface area (Å²) in [4.78, 5) is 24.1. The Morgan fingerprint density at radius 1 is 1.27 bits per heavy atom. The minimum atomic E-state index is -0.873. The summed E-state index contributed by atoms with van der Waals surface area (Å²) in [6.07, 6.45) is 6.18. The smallest absolute Gasteiger partial charge is 0.316 e. The van der Waals surface area contributed by atoms with Crippen molar-refractivity contribution in [2.45, 2.75) is 49.2 Å². The van der Waals surface area contributed by atoms with E-state index in [4.69, 9.17) is 5.11 Å². The first-order valence-corrected chi connectivity index (χ1v) is 8.72. The summed E-state index contributed by atoms with van der Waals surface area (Å²) in [6, 6.07) is 7.20.